The quantitative estimate of drug-likeness (QED) is 0.173. The molecule has 0 unspecified atom stereocenters. The van der Waals surface area contributed by atoms with Crippen molar-refractivity contribution in [2.45, 2.75) is 118 Å². The molecule has 1 heteroatoms. The minimum absolute atomic E-state index is 0.966. The zero-order chi connectivity index (χ0) is 17.2. The van der Waals surface area contributed by atoms with Crippen LogP contribution in [0.5, 0.6) is 0 Å². The summed E-state index contributed by atoms with van der Waals surface area (Å²) in [7, 11) is -0.966. The van der Waals surface area contributed by atoms with Crippen LogP contribution in [0.1, 0.15) is 118 Å². The molecule has 0 aliphatic rings. The van der Waals surface area contributed by atoms with Gasteiger partial charge in [-0.25, -0.2) is 0 Å². The molecule has 0 nitrogen and oxygen atoms in total. The number of hydrogen-bond donors (Lipinski definition) is 0. The fourth-order valence-corrected chi connectivity index (χ4v) is 9.69. The molecule has 0 heterocycles. The van der Waals surface area contributed by atoms with Crippen LogP contribution in [-0.2, 0) is 0 Å². The van der Waals surface area contributed by atoms with Crippen molar-refractivity contribution in [2.75, 3.05) is 24.6 Å². The van der Waals surface area contributed by atoms with Crippen LogP contribution >= 0.6 is 7.26 Å². The van der Waals surface area contributed by atoms with E-state index in [1.54, 1.807) is 43.9 Å². The van der Waals surface area contributed by atoms with E-state index in [1.807, 2.05) is 0 Å². The van der Waals surface area contributed by atoms with Gasteiger partial charge in [0.2, 0.25) is 0 Å². The zero-order valence-electron chi connectivity index (χ0n) is 17.2. The summed E-state index contributed by atoms with van der Waals surface area (Å²) in [6.07, 6.45) is 27.2. The van der Waals surface area contributed by atoms with Gasteiger partial charge in [-0.2, -0.15) is 0 Å². The zero-order valence-corrected chi connectivity index (χ0v) is 18.2. The normalized spacial score (nSPS) is 12.7. The maximum absolute atomic E-state index is 2.39. The van der Waals surface area contributed by atoms with Gasteiger partial charge in [0.1, 0.15) is 0 Å². The molecule has 0 saturated heterocycles. The Hall–Kier alpha value is 0.430. The molecule has 0 N–H and O–H groups in total. The summed E-state index contributed by atoms with van der Waals surface area (Å²) < 4.78 is 0. The van der Waals surface area contributed by atoms with E-state index in [2.05, 4.69) is 27.7 Å². The van der Waals surface area contributed by atoms with Gasteiger partial charge in [-0.3, -0.25) is 0 Å². The monoisotopic (exact) mass is 344 g/mol. The van der Waals surface area contributed by atoms with Crippen LogP contribution in [0.25, 0.3) is 0 Å². The number of rotatable bonds is 18. The molecule has 0 aromatic rings. The molecule has 0 rings (SSSR count). The Bertz CT molecular complexity index is 193. The van der Waals surface area contributed by atoms with E-state index in [9.17, 15) is 0 Å². The fourth-order valence-electron chi connectivity index (χ4n) is 4.08. The van der Waals surface area contributed by atoms with Crippen LogP contribution < -0.4 is 0 Å². The molecular weight excluding hydrogens is 295 g/mol. The average Bonchev–Trinajstić information content (AvgIpc) is 2.57. The Kier molecular flexibility index (Phi) is 17.6. The molecule has 0 bridgehead atoms. The molecule has 0 aliphatic carbocycles. The Balaban J connectivity index is 4.51. The molecule has 0 saturated carbocycles. The molecule has 142 valence electrons. The molecular formula is C22H49P. The maximum atomic E-state index is 2.39. The Morgan fingerprint density at radius 2 is 0.652 bits per heavy atom. The van der Waals surface area contributed by atoms with Crippen molar-refractivity contribution >= 4 is 7.26 Å². The van der Waals surface area contributed by atoms with Crippen molar-refractivity contribution in [1.29, 1.82) is 0 Å². The summed E-state index contributed by atoms with van der Waals surface area (Å²) in [5.74, 6) is 0. The first-order valence-corrected chi connectivity index (χ1v) is 14.1. The molecule has 0 radical (unpaired) electrons. The summed E-state index contributed by atoms with van der Waals surface area (Å²) >= 11 is 0. The standard InChI is InChI=1S/C22H49P/c1-5-9-13-16-20-23(19-12-8-4,21-17-14-10-6-2)22-18-15-11-7-3/h23H,5-22H2,1-4H3. The van der Waals surface area contributed by atoms with Crippen LogP contribution in [0.4, 0.5) is 0 Å². The van der Waals surface area contributed by atoms with Gasteiger partial charge in [0.25, 0.3) is 0 Å². The van der Waals surface area contributed by atoms with E-state index in [4.69, 9.17) is 0 Å². The van der Waals surface area contributed by atoms with E-state index >= 15 is 0 Å². The second-order valence-electron chi connectivity index (χ2n) is 8.04. The van der Waals surface area contributed by atoms with Gasteiger partial charge in [-0.05, 0) is 0 Å². The van der Waals surface area contributed by atoms with Gasteiger partial charge in [0.05, 0.1) is 0 Å². The first-order valence-electron chi connectivity index (χ1n) is 11.2. The van der Waals surface area contributed by atoms with Crippen LogP contribution in [-0.4, -0.2) is 24.6 Å². The van der Waals surface area contributed by atoms with Crippen LogP contribution in [0, 0.1) is 0 Å². The molecule has 0 fully saturated rings. The Labute approximate surface area is 149 Å². The Morgan fingerprint density at radius 3 is 0.957 bits per heavy atom. The predicted octanol–water partition coefficient (Wildman–Crippen LogP) is 8.28. The molecule has 0 spiro atoms. The summed E-state index contributed by atoms with van der Waals surface area (Å²) in [6, 6.07) is 0. The number of hydrogen-bond acceptors (Lipinski definition) is 0. The molecule has 0 amide bonds. The van der Waals surface area contributed by atoms with E-state index in [-0.39, 0.29) is 0 Å². The van der Waals surface area contributed by atoms with Crippen LogP contribution in [0.15, 0.2) is 0 Å². The fraction of sp³-hybridized carbons (Fsp3) is 1.00. The van der Waals surface area contributed by atoms with Gasteiger partial charge >= 0.3 is 149 Å². The van der Waals surface area contributed by atoms with Gasteiger partial charge < -0.3 is 0 Å². The third-order valence-electron chi connectivity index (χ3n) is 5.74. The van der Waals surface area contributed by atoms with Gasteiger partial charge in [-0.15, -0.1) is 0 Å². The van der Waals surface area contributed by atoms with Gasteiger partial charge in [0, 0.05) is 0 Å². The first kappa shape index (κ1) is 23.4. The van der Waals surface area contributed by atoms with E-state index < -0.39 is 7.26 Å². The third-order valence-corrected chi connectivity index (χ3v) is 11.4. The first-order chi connectivity index (χ1) is 11.2. The van der Waals surface area contributed by atoms with Crippen molar-refractivity contribution < 1.29 is 0 Å². The minimum atomic E-state index is -0.966. The average molecular weight is 345 g/mol. The summed E-state index contributed by atoms with van der Waals surface area (Å²) in [4.78, 5) is 0. The van der Waals surface area contributed by atoms with E-state index in [0.29, 0.717) is 0 Å². The van der Waals surface area contributed by atoms with Crippen molar-refractivity contribution in [3.8, 4) is 0 Å². The predicted molar refractivity (Wildman–Crippen MR) is 115 cm³/mol. The Morgan fingerprint density at radius 1 is 0.348 bits per heavy atom. The van der Waals surface area contributed by atoms with Crippen LogP contribution in [0.2, 0.25) is 0 Å². The van der Waals surface area contributed by atoms with E-state index in [0.717, 1.165) is 0 Å². The molecule has 0 aliphatic heterocycles. The molecule has 0 atom stereocenters. The third kappa shape index (κ3) is 13.4. The van der Waals surface area contributed by atoms with Crippen LogP contribution in [0.3, 0.4) is 0 Å². The van der Waals surface area contributed by atoms with Gasteiger partial charge in [0.15, 0.2) is 0 Å². The summed E-state index contributed by atoms with van der Waals surface area (Å²) in [5, 5.41) is 0. The van der Waals surface area contributed by atoms with Crippen molar-refractivity contribution in [3.05, 3.63) is 0 Å². The molecule has 0 aromatic heterocycles. The van der Waals surface area contributed by atoms with Crippen molar-refractivity contribution in [1.82, 2.24) is 0 Å². The van der Waals surface area contributed by atoms with Gasteiger partial charge in [-0.1, -0.05) is 0 Å². The summed E-state index contributed by atoms with van der Waals surface area (Å²) in [5.41, 5.74) is 0. The molecule has 23 heavy (non-hydrogen) atoms. The summed E-state index contributed by atoms with van der Waals surface area (Å²) in [6.45, 7) is 9.43. The molecule has 0 aromatic carbocycles. The van der Waals surface area contributed by atoms with Crippen molar-refractivity contribution in [2.24, 2.45) is 0 Å². The topological polar surface area (TPSA) is 0 Å². The second-order valence-corrected chi connectivity index (χ2v) is 13.0. The second kappa shape index (κ2) is 17.3. The SMILES string of the molecule is CCCCCC[PH](CCCC)(CCCCCC)CCCCCC. The number of unbranched alkanes of at least 4 members (excludes halogenated alkanes) is 10. The van der Waals surface area contributed by atoms with Crippen molar-refractivity contribution in [3.63, 3.8) is 0 Å². The van der Waals surface area contributed by atoms with E-state index in [1.165, 1.54) is 70.6 Å².